The number of hydrogen-bond acceptors (Lipinski definition) is 3. The number of aliphatic imine (C=N–C) groups is 1. The standard InChI is InChI=1S/C6H14N2O3S/c1-6(2,3)8-5(7-4)12(9,10)11/h1-4H3,(H,7,8)(H,9,10,11). The van der Waals surface area contributed by atoms with Crippen LogP contribution >= 0.6 is 0 Å². The third-order valence-electron chi connectivity index (χ3n) is 0.929. The highest BCUT2D eigenvalue weighted by molar-refractivity contribution is 8.01. The lowest BCUT2D eigenvalue weighted by atomic mass is 10.1. The molecule has 0 fully saturated rings. The van der Waals surface area contributed by atoms with Gasteiger partial charge in [0.05, 0.1) is 0 Å². The number of amidine groups is 1. The maximum atomic E-state index is 10.6. The van der Waals surface area contributed by atoms with Gasteiger partial charge in [-0.15, -0.1) is 0 Å². The van der Waals surface area contributed by atoms with Crippen LogP contribution in [0.25, 0.3) is 0 Å². The molecule has 0 atom stereocenters. The van der Waals surface area contributed by atoms with Crippen LogP contribution in [0.1, 0.15) is 20.8 Å². The van der Waals surface area contributed by atoms with Crippen LogP contribution in [0.3, 0.4) is 0 Å². The molecule has 72 valence electrons. The highest BCUT2D eigenvalue weighted by Gasteiger charge is 2.20. The fourth-order valence-corrected chi connectivity index (χ4v) is 1.22. The molecular formula is C6H14N2O3S. The molecule has 0 aliphatic heterocycles. The van der Waals surface area contributed by atoms with Crippen LogP contribution in [-0.2, 0) is 10.1 Å². The Morgan fingerprint density at radius 2 is 1.83 bits per heavy atom. The molecular weight excluding hydrogens is 180 g/mol. The van der Waals surface area contributed by atoms with Gasteiger partial charge in [0.15, 0.2) is 0 Å². The summed E-state index contributed by atoms with van der Waals surface area (Å²) in [4.78, 5) is 3.41. The predicted molar refractivity (Wildman–Crippen MR) is 47.8 cm³/mol. The van der Waals surface area contributed by atoms with E-state index >= 15 is 0 Å². The van der Waals surface area contributed by atoms with Crippen molar-refractivity contribution in [1.82, 2.24) is 5.32 Å². The monoisotopic (exact) mass is 194 g/mol. The highest BCUT2D eigenvalue weighted by Crippen LogP contribution is 2.00. The Balaban J connectivity index is 4.67. The summed E-state index contributed by atoms with van der Waals surface area (Å²) in [7, 11) is -2.92. The summed E-state index contributed by atoms with van der Waals surface area (Å²) in [5, 5.41) is 2.15. The number of rotatable bonds is 0. The van der Waals surface area contributed by atoms with Crippen molar-refractivity contribution in [3.63, 3.8) is 0 Å². The quantitative estimate of drug-likeness (QED) is 0.329. The Morgan fingerprint density at radius 3 is 1.92 bits per heavy atom. The molecule has 0 unspecified atom stereocenters. The van der Waals surface area contributed by atoms with Crippen LogP contribution in [0.4, 0.5) is 0 Å². The molecule has 0 aliphatic carbocycles. The van der Waals surface area contributed by atoms with E-state index in [2.05, 4.69) is 10.3 Å². The van der Waals surface area contributed by atoms with Gasteiger partial charge in [0.25, 0.3) is 0 Å². The summed E-state index contributed by atoms with van der Waals surface area (Å²) in [6, 6.07) is 0. The Labute approximate surface area is 72.6 Å². The van der Waals surface area contributed by atoms with Gasteiger partial charge in [-0.3, -0.25) is 9.55 Å². The van der Waals surface area contributed by atoms with E-state index in [4.69, 9.17) is 4.55 Å². The van der Waals surface area contributed by atoms with E-state index in [0.717, 1.165) is 0 Å². The molecule has 0 bridgehead atoms. The minimum atomic E-state index is -4.21. The second-order valence-electron chi connectivity index (χ2n) is 3.38. The normalized spacial score (nSPS) is 14.6. The van der Waals surface area contributed by atoms with Crippen molar-refractivity contribution in [2.45, 2.75) is 26.3 Å². The van der Waals surface area contributed by atoms with E-state index in [1.54, 1.807) is 20.8 Å². The first-order chi connectivity index (χ1) is 5.17. The molecule has 0 aromatic carbocycles. The summed E-state index contributed by atoms with van der Waals surface area (Å²) in [5.41, 5.74) is -0.440. The first kappa shape index (κ1) is 11.4. The molecule has 0 aliphatic rings. The lowest BCUT2D eigenvalue weighted by Gasteiger charge is -2.21. The molecule has 2 N–H and O–H groups in total. The smallest absolute Gasteiger partial charge is 0.327 e. The van der Waals surface area contributed by atoms with Gasteiger partial charge in [0.2, 0.25) is 5.17 Å². The maximum absolute atomic E-state index is 10.6. The zero-order valence-corrected chi connectivity index (χ0v) is 8.44. The molecule has 0 saturated carbocycles. The van der Waals surface area contributed by atoms with E-state index < -0.39 is 20.8 Å². The van der Waals surface area contributed by atoms with E-state index in [0.29, 0.717) is 0 Å². The number of nitrogens with zero attached hydrogens (tertiary/aromatic N) is 1. The van der Waals surface area contributed by atoms with E-state index in [-0.39, 0.29) is 0 Å². The SMILES string of the molecule is CN=C(NC(C)(C)C)S(=O)(=O)O. The van der Waals surface area contributed by atoms with Gasteiger partial charge in [0, 0.05) is 12.6 Å². The fourth-order valence-electron chi connectivity index (χ4n) is 0.557. The maximum Gasteiger partial charge on any atom is 0.327 e. The Kier molecular flexibility index (Phi) is 3.23. The molecule has 0 aromatic heterocycles. The second-order valence-corrected chi connectivity index (χ2v) is 4.72. The molecule has 0 aromatic rings. The Hall–Kier alpha value is -0.620. The predicted octanol–water partition coefficient (Wildman–Crippen LogP) is 0.248. The second kappa shape index (κ2) is 3.40. The molecule has 0 heterocycles. The van der Waals surface area contributed by atoms with Crippen LogP contribution in [0.15, 0.2) is 4.99 Å². The molecule has 6 heteroatoms. The molecule has 0 rings (SSSR count). The molecule has 0 spiro atoms. The Morgan fingerprint density at radius 1 is 1.42 bits per heavy atom. The first-order valence-corrected chi connectivity index (χ1v) is 4.83. The molecule has 0 saturated heterocycles. The van der Waals surface area contributed by atoms with Crippen molar-refractivity contribution in [2.75, 3.05) is 7.05 Å². The topological polar surface area (TPSA) is 78.8 Å². The lowest BCUT2D eigenvalue weighted by Crippen LogP contribution is -2.44. The van der Waals surface area contributed by atoms with Crippen molar-refractivity contribution in [1.29, 1.82) is 0 Å². The number of nitrogens with one attached hydrogen (secondary N) is 1. The summed E-state index contributed by atoms with van der Waals surface area (Å²) in [6.45, 7) is 5.30. The van der Waals surface area contributed by atoms with Crippen LogP contribution in [0.5, 0.6) is 0 Å². The van der Waals surface area contributed by atoms with Crippen molar-refractivity contribution >= 4 is 15.3 Å². The van der Waals surface area contributed by atoms with Crippen molar-refractivity contribution in [2.24, 2.45) is 4.99 Å². The van der Waals surface area contributed by atoms with Crippen molar-refractivity contribution < 1.29 is 13.0 Å². The minimum absolute atomic E-state index is 0.407. The van der Waals surface area contributed by atoms with Crippen molar-refractivity contribution in [3.05, 3.63) is 0 Å². The summed E-state index contributed by atoms with van der Waals surface area (Å²) in [5.74, 6) is 0. The van der Waals surface area contributed by atoms with Gasteiger partial charge in [-0.25, -0.2) is 0 Å². The molecule has 0 radical (unpaired) electrons. The summed E-state index contributed by atoms with van der Waals surface area (Å²) < 4.78 is 29.8. The number of hydrogen-bond donors (Lipinski definition) is 2. The van der Waals surface area contributed by atoms with Gasteiger partial charge in [-0.1, -0.05) is 0 Å². The average molecular weight is 194 g/mol. The third kappa shape index (κ3) is 4.30. The fraction of sp³-hybridized carbons (Fsp3) is 0.833. The van der Waals surface area contributed by atoms with Crippen LogP contribution < -0.4 is 5.32 Å². The van der Waals surface area contributed by atoms with Gasteiger partial charge in [-0.2, -0.15) is 8.42 Å². The minimum Gasteiger partial charge on any atom is -0.354 e. The lowest BCUT2D eigenvalue weighted by molar-refractivity contribution is 0.481. The van der Waals surface area contributed by atoms with Crippen molar-refractivity contribution in [3.8, 4) is 0 Å². The van der Waals surface area contributed by atoms with E-state index in [1.807, 2.05) is 0 Å². The molecule has 0 amide bonds. The van der Waals surface area contributed by atoms with Gasteiger partial charge < -0.3 is 5.32 Å². The summed E-state index contributed by atoms with van der Waals surface area (Å²) >= 11 is 0. The zero-order valence-electron chi connectivity index (χ0n) is 7.62. The average Bonchev–Trinajstić information content (AvgIpc) is 1.78. The molecule has 12 heavy (non-hydrogen) atoms. The van der Waals surface area contributed by atoms with Gasteiger partial charge in [-0.05, 0) is 20.8 Å². The van der Waals surface area contributed by atoms with E-state index in [1.165, 1.54) is 7.05 Å². The Bertz CT molecular complexity index is 274. The summed E-state index contributed by atoms with van der Waals surface area (Å²) in [6.07, 6.45) is 0. The van der Waals surface area contributed by atoms with Crippen LogP contribution in [-0.4, -0.2) is 30.7 Å². The van der Waals surface area contributed by atoms with Crippen LogP contribution in [0, 0.1) is 0 Å². The highest BCUT2D eigenvalue weighted by atomic mass is 32.2. The van der Waals surface area contributed by atoms with Gasteiger partial charge in [0.1, 0.15) is 0 Å². The van der Waals surface area contributed by atoms with E-state index in [9.17, 15) is 8.42 Å². The van der Waals surface area contributed by atoms with Gasteiger partial charge >= 0.3 is 10.1 Å². The first-order valence-electron chi connectivity index (χ1n) is 3.39. The third-order valence-corrected chi connectivity index (χ3v) is 1.70. The zero-order chi connectivity index (χ0) is 9.99. The molecule has 5 nitrogen and oxygen atoms in total. The van der Waals surface area contributed by atoms with Crippen LogP contribution in [0.2, 0.25) is 0 Å². The largest absolute Gasteiger partial charge is 0.354 e.